The van der Waals surface area contributed by atoms with E-state index in [1.165, 1.54) is 12.1 Å². The number of nitrogens with two attached hydrogens (primary N) is 1. The molecule has 0 saturated heterocycles. The molecule has 4 rings (SSSR count). The number of aromatic amines is 1. The summed E-state index contributed by atoms with van der Waals surface area (Å²) in [6, 6.07) is 15.5. The first kappa shape index (κ1) is 14.3. The van der Waals surface area contributed by atoms with Gasteiger partial charge in [-0.2, -0.15) is 0 Å². The zero-order valence-electron chi connectivity index (χ0n) is 12.5. The number of hydrazine groups is 1. The molecule has 0 atom stereocenters. The molecule has 0 spiro atoms. The molecular weight excluding hydrogens is 307 g/mol. The highest BCUT2D eigenvalue weighted by Crippen LogP contribution is 2.32. The number of halogens is 1. The number of rotatable bonds is 2. The first-order valence-electron chi connectivity index (χ1n) is 7.36. The van der Waals surface area contributed by atoms with Crippen molar-refractivity contribution in [2.75, 3.05) is 0 Å². The zero-order chi connectivity index (χ0) is 16.7. The summed E-state index contributed by atoms with van der Waals surface area (Å²) in [6.07, 6.45) is 0. The Hall–Kier alpha value is -3.25. The number of nitrogen functional groups attached to an aromatic ring is 1. The van der Waals surface area contributed by atoms with Crippen LogP contribution in [0.2, 0.25) is 0 Å². The van der Waals surface area contributed by atoms with Gasteiger partial charge in [-0.3, -0.25) is 10.2 Å². The molecule has 0 aliphatic heterocycles. The predicted octanol–water partition coefficient (Wildman–Crippen LogP) is 3.13. The van der Waals surface area contributed by atoms with Gasteiger partial charge in [0.1, 0.15) is 11.5 Å². The maximum absolute atomic E-state index is 13.2. The van der Waals surface area contributed by atoms with Gasteiger partial charge in [0.15, 0.2) is 0 Å². The van der Waals surface area contributed by atoms with E-state index >= 15 is 0 Å². The number of carbonyl (C=O) groups is 1. The molecule has 5 nitrogen and oxygen atoms in total. The lowest BCUT2D eigenvalue weighted by Gasteiger charge is -2.06. The van der Waals surface area contributed by atoms with Gasteiger partial charge >= 0.3 is 0 Å². The summed E-state index contributed by atoms with van der Waals surface area (Å²) in [6.45, 7) is 0. The van der Waals surface area contributed by atoms with Gasteiger partial charge in [0.2, 0.25) is 0 Å². The second-order valence-electron chi connectivity index (χ2n) is 5.43. The Morgan fingerprint density at radius 2 is 1.83 bits per heavy atom. The number of benzene rings is 2. The number of nitrogens with one attached hydrogen (secondary N) is 2. The van der Waals surface area contributed by atoms with Crippen LogP contribution in [0.5, 0.6) is 0 Å². The van der Waals surface area contributed by atoms with Crippen molar-refractivity contribution < 1.29 is 9.18 Å². The summed E-state index contributed by atoms with van der Waals surface area (Å²) in [5, 5.41) is 1.84. The summed E-state index contributed by atoms with van der Waals surface area (Å²) in [7, 11) is 0. The van der Waals surface area contributed by atoms with Crippen molar-refractivity contribution in [1.82, 2.24) is 15.4 Å². The molecule has 2 aromatic heterocycles. The third-order valence-corrected chi connectivity index (χ3v) is 3.98. The van der Waals surface area contributed by atoms with Gasteiger partial charge in [-0.25, -0.2) is 15.2 Å². The lowest BCUT2D eigenvalue weighted by atomic mass is 10.1. The second kappa shape index (κ2) is 5.43. The fraction of sp³-hybridized carbons (Fsp3) is 0. The minimum atomic E-state index is -0.481. The van der Waals surface area contributed by atoms with Gasteiger partial charge in [0.05, 0.1) is 11.2 Å². The van der Waals surface area contributed by atoms with Gasteiger partial charge in [-0.05, 0) is 36.4 Å². The largest absolute Gasteiger partial charge is 0.353 e. The van der Waals surface area contributed by atoms with Crippen molar-refractivity contribution in [1.29, 1.82) is 0 Å². The van der Waals surface area contributed by atoms with E-state index in [9.17, 15) is 9.18 Å². The van der Waals surface area contributed by atoms with E-state index < -0.39 is 5.91 Å². The molecule has 0 fully saturated rings. The number of fused-ring (bicyclic) bond motifs is 3. The van der Waals surface area contributed by atoms with Gasteiger partial charge in [0, 0.05) is 21.9 Å². The minimum Gasteiger partial charge on any atom is -0.353 e. The molecule has 1 amide bonds. The van der Waals surface area contributed by atoms with Crippen LogP contribution in [-0.4, -0.2) is 15.9 Å². The second-order valence-corrected chi connectivity index (χ2v) is 5.43. The summed E-state index contributed by atoms with van der Waals surface area (Å²) in [4.78, 5) is 19.7. The molecule has 0 aliphatic rings. The van der Waals surface area contributed by atoms with Crippen molar-refractivity contribution in [3.05, 3.63) is 66.1 Å². The van der Waals surface area contributed by atoms with Crippen molar-refractivity contribution in [3.8, 4) is 11.3 Å². The number of amides is 1. The normalized spacial score (nSPS) is 11.1. The van der Waals surface area contributed by atoms with Crippen molar-refractivity contribution in [2.24, 2.45) is 5.84 Å². The molecule has 0 saturated carbocycles. The van der Waals surface area contributed by atoms with E-state index in [0.717, 1.165) is 21.8 Å². The lowest BCUT2D eigenvalue weighted by molar-refractivity contribution is 0.0949. The Morgan fingerprint density at radius 1 is 1.08 bits per heavy atom. The van der Waals surface area contributed by atoms with Crippen LogP contribution < -0.4 is 11.3 Å². The first-order chi connectivity index (χ1) is 11.7. The molecule has 118 valence electrons. The average molecular weight is 320 g/mol. The fourth-order valence-electron chi connectivity index (χ4n) is 2.85. The van der Waals surface area contributed by atoms with Gasteiger partial charge < -0.3 is 4.98 Å². The SMILES string of the molecule is NNC(=O)c1cc2c([nH]c3ccccc32)c(-c2ccc(F)cc2)n1. The van der Waals surface area contributed by atoms with Crippen molar-refractivity contribution in [2.45, 2.75) is 0 Å². The summed E-state index contributed by atoms with van der Waals surface area (Å²) < 4.78 is 13.2. The Kier molecular flexibility index (Phi) is 3.25. The van der Waals surface area contributed by atoms with Crippen LogP contribution in [0.4, 0.5) is 4.39 Å². The number of carbonyl (C=O) groups excluding carboxylic acids is 1. The zero-order valence-corrected chi connectivity index (χ0v) is 12.5. The Morgan fingerprint density at radius 3 is 2.58 bits per heavy atom. The number of pyridine rings is 1. The number of aromatic nitrogens is 2. The highest BCUT2D eigenvalue weighted by atomic mass is 19.1. The molecule has 0 aliphatic carbocycles. The van der Waals surface area contributed by atoms with E-state index in [1.54, 1.807) is 18.2 Å². The quantitative estimate of drug-likeness (QED) is 0.301. The van der Waals surface area contributed by atoms with E-state index in [0.29, 0.717) is 11.3 Å². The van der Waals surface area contributed by atoms with E-state index in [-0.39, 0.29) is 11.5 Å². The molecule has 6 heteroatoms. The molecule has 4 N–H and O–H groups in total. The highest BCUT2D eigenvalue weighted by molar-refractivity contribution is 6.13. The fourth-order valence-corrected chi connectivity index (χ4v) is 2.85. The maximum atomic E-state index is 13.2. The van der Waals surface area contributed by atoms with Gasteiger partial charge in [-0.15, -0.1) is 0 Å². The Labute approximate surface area is 136 Å². The van der Waals surface area contributed by atoms with Crippen LogP contribution in [0.3, 0.4) is 0 Å². The van der Waals surface area contributed by atoms with Crippen molar-refractivity contribution >= 4 is 27.7 Å². The van der Waals surface area contributed by atoms with Crippen LogP contribution in [0, 0.1) is 5.82 Å². The number of hydrogen-bond donors (Lipinski definition) is 3. The molecule has 0 bridgehead atoms. The molecule has 0 radical (unpaired) electrons. The summed E-state index contributed by atoms with van der Waals surface area (Å²) in [5.74, 6) is 4.44. The Bertz CT molecular complexity index is 1070. The molecule has 2 heterocycles. The predicted molar refractivity (Wildman–Crippen MR) is 90.6 cm³/mol. The summed E-state index contributed by atoms with van der Waals surface area (Å²) >= 11 is 0. The van der Waals surface area contributed by atoms with E-state index in [1.807, 2.05) is 24.3 Å². The highest BCUT2D eigenvalue weighted by Gasteiger charge is 2.16. The van der Waals surface area contributed by atoms with Gasteiger partial charge in [0.25, 0.3) is 5.91 Å². The third kappa shape index (κ3) is 2.21. The van der Waals surface area contributed by atoms with Crippen LogP contribution in [0.15, 0.2) is 54.6 Å². The maximum Gasteiger partial charge on any atom is 0.283 e. The topological polar surface area (TPSA) is 83.8 Å². The van der Waals surface area contributed by atoms with Crippen molar-refractivity contribution in [3.63, 3.8) is 0 Å². The van der Waals surface area contributed by atoms with Crippen LogP contribution >= 0.6 is 0 Å². The lowest BCUT2D eigenvalue weighted by Crippen LogP contribution is -2.30. The third-order valence-electron chi connectivity index (χ3n) is 3.98. The Balaban J connectivity index is 2.09. The number of hydrogen-bond acceptors (Lipinski definition) is 3. The molecule has 24 heavy (non-hydrogen) atoms. The first-order valence-corrected chi connectivity index (χ1v) is 7.36. The summed E-state index contributed by atoms with van der Waals surface area (Å²) in [5.41, 5.74) is 5.31. The number of H-pyrrole nitrogens is 1. The average Bonchev–Trinajstić information content (AvgIpc) is 2.99. The standard InChI is InChI=1S/C18H13FN4O/c19-11-7-5-10(6-8-11)16-17-13(9-15(22-16)18(24)23-20)12-3-1-2-4-14(12)21-17/h1-9,21H,20H2,(H,23,24). The monoisotopic (exact) mass is 320 g/mol. The van der Waals surface area contributed by atoms with E-state index in [4.69, 9.17) is 5.84 Å². The number of para-hydroxylation sites is 1. The molecule has 4 aromatic rings. The molecule has 2 aromatic carbocycles. The van der Waals surface area contributed by atoms with E-state index in [2.05, 4.69) is 15.4 Å². The van der Waals surface area contributed by atoms with Crippen LogP contribution in [0.25, 0.3) is 33.1 Å². The minimum absolute atomic E-state index is 0.203. The molecular formula is C18H13FN4O. The number of nitrogens with zero attached hydrogens (tertiary/aromatic N) is 1. The molecule has 0 unspecified atom stereocenters. The van der Waals surface area contributed by atoms with Crippen LogP contribution in [-0.2, 0) is 0 Å². The smallest absolute Gasteiger partial charge is 0.283 e. The van der Waals surface area contributed by atoms with Gasteiger partial charge in [-0.1, -0.05) is 18.2 Å². The van der Waals surface area contributed by atoms with Crippen LogP contribution in [0.1, 0.15) is 10.5 Å².